The zero-order valence-corrected chi connectivity index (χ0v) is 16.6. The Morgan fingerprint density at radius 1 is 1.21 bits per heavy atom. The maximum Gasteiger partial charge on any atom is 0.219 e. The van der Waals surface area contributed by atoms with Gasteiger partial charge in [-0.2, -0.15) is 0 Å². The molecule has 1 heterocycles. The molecule has 1 amide bonds. The summed E-state index contributed by atoms with van der Waals surface area (Å²) in [4.78, 5) is 20.0. The van der Waals surface area contributed by atoms with Crippen LogP contribution < -0.4 is 5.32 Å². The van der Waals surface area contributed by atoms with Crippen molar-refractivity contribution >= 4 is 35.8 Å². The molecule has 0 bridgehead atoms. The molecule has 1 aliphatic heterocycles. The number of carbonyl (C=O) groups is 1. The summed E-state index contributed by atoms with van der Waals surface area (Å²) in [6.45, 7) is 7.92. The molecule has 2 rings (SSSR count). The van der Waals surface area contributed by atoms with Crippen LogP contribution in [0.25, 0.3) is 0 Å². The Balaban J connectivity index is 0.00000288. The number of hydrogen-bond acceptors (Lipinski definition) is 2. The van der Waals surface area contributed by atoms with Crippen molar-refractivity contribution in [2.24, 2.45) is 4.99 Å². The lowest BCUT2D eigenvalue weighted by Gasteiger charge is -2.36. The van der Waals surface area contributed by atoms with Crippen LogP contribution in [0.3, 0.4) is 0 Å². The van der Waals surface area contributed by atoms with E-state index in [1.165, 1.54) is 6.07 Å². The van der Waals surface area contributed by atoms with Gasteiger partial charge in [0.1, 0.15) is 5.82 Å². The van der Waals surface area contributed by atoms with E-state index in [0.717, 1.165) is 25.6 Å². The first-order valence-corrected chi connectivity index (χ1v) is 8.14. The van der Waals surface area contributed by atoms with Crippen LogP contribution in [-0.4, -0.2) is 60.9 Å². The molecule has 0 radical (unpaired) electrons. The van der Waals surface area contributed by atoms with Crippen molar-refractivity contribution in [3.05, 3.63) is 35.6 Å². The van der Waals surface area contributed by atoms with Gasteiger partial charge in [-0.15, -0.1) is 24.0 Å². The quantitative estimate of drug-likeness (QED) is 0.436. The van der Waals surface area contributed by atoms with Gasteiger partial charge in [-0.1, -0.05) is 18.2 Å². The van der Waals surface area contributed by atoms with Crippen molar-refractivity contribution in [3.63, 3.8) is 0 Å². The molecule has 7 heteroatoms. The molecule has 24 heavy (non-hydrogen) atoms. The molecule has 1 N–H and O–H groups in total. The van der Waals surface area contributed by atoms with E-state index in [0.29, 0.717) is 31.6 Å². The fourth-order valence-corrected chi connectivity index (χ4v) is 2.64. The molecule has 0 saturated carbocycles. The van der Waals surface area contributed by atoms with Gasteiger partial charge < -0.3 is 15.1 Å². The number of hydrogen-bond donors (Lipinski definition) is 1. The summed E-state index contributed by atoms with van der Waals surface area (Å²) in [7, 11) is 0. The summed E-state index contributed by atoms with van der Waals surface area (Å²) in [6.07, 6.45) is 0.578. The highest BCUT2D eigenvalue weighted by Gasteiger charge is 2.20. The molecule has 0 aromatic heterocycles. The largest absolute Gasteiger partial charge is 0.357 e. The SMILES string of the molecule is CCNC(=NCCc1ccccc1F)N1CCN(C(C)=O)CC1.I. The number of piperazine rings is 1. The van der Waals surface area contributed by atoms with Gasteiger partial charge in [-0.3, -0.25) is 9.79 Å². The Morgan fingerprint density at radius 2 is 1.83 bits per heavy atom. The summed E-state index contributed by atoms with van der Waals surface area (Å²) in [5, 5.41) is 3.28. The average molecular weight is 448 g/mol. The molecule has 1 aromatic rings. The second-order valence-electron chi connectivity index (χ2n) is 5.57. The molecule has 1 aliphatic rings. The monoisotopic (exact) mass is 448 g/mol. The van der Waals surface area contributed by atoms with Gasteiger partial charge in [-0.25, -0.2) is 4.39 Å². The lowest BCUT2D eigenvalue weighted by molar-refractivity contribution is -0.130. The minimum atomic E-state index is -0.178. The van der Waals surface area contributed by atoms with Crippen LogP contribution in [0.4, 0.5) is 4.39 Å². The summed E-state index contributed by atoms with van der Waals surface area (Å²) in [5.74, 6) is 0.779. The summed E-state index contributed by atoms with van der Waals surface area (Å²) < 4.78 is 13.6. The number of aliphatic imine (C=N–C) groups is 1. The van der Waals surface area contributed by atoms with Crippen LogP contribution in [0.2, 0.25) is 0 Å². The Kier molecular flexibility index (Phi) is 9.02. The van der Waals surface area contributed by atoms with Gasteiger partial charge >= 0.3 is 0 Å². The Bertz CT molecular complexity index is 559. The summed E-state index contributed by atoms with van der Waals surface area (Å²) in [6, 6.07) is 6.81. The smallest absolute Gasteiger partial charge is 0.219 e. The van der Waals surface area contributed by atoms with Crippen molar-refractivity contribution in [2.45, 2.75) is 20.3 Å². The molecular formula is C17H26FIN4O. The number of amides is 1. The van der Waals surface area contributed by atoms with E-state index in [-0.39, 0.29) is 35.7 Å². The summed E-state index contributed by atoms with van der Waals surface area (Å²) in [5.41, 5.74) is 0.688. The van der Waals surface area contributed by atoms with Gasteiger partial charge in [0.05, 0.1) is 0 Å². The number of benzene rings is 1. The average Bonchev–Trinajstić information content (AvgIpc) is 2.56. The van der Waals surface area contributed by atoms with Gasteiger partial charge in [0.15, 0.2) is 5.96 Å². The number of halogens is 2. The normalized spacial score (nSPS) is 15.0. The third-order valence-corrected chi connectivity index (χ3v) is 3.96. The first kappa shape index (κ1) is 20.7. The van der Waals surface area contributed by atoms with E-state index < -0.39 is 0 Å². The lowest BCUT2D eigenvalue weighted by Crippen LogP contribution is -2.53. The predicted molar refractivity (Wildman–Crippen MR) is 105 cm³/mol. The summed E-state index contributed by atoms with van der Waals surface area (Å²) >= 11 is 0. The van der Waals surface area contributed by atoms with Crippen LogP contribution in [0.15, 0.2) is 29.3 Å². The minimum Gasteiger partial charge on any atom is -0.357 e. The molecule has 134 valence electrons. The number of rotatable bonds is 4. The van der Waals surface area contributed by atoms with Gasteiger partial charge in [0.25, 0.3) is 0 Å². The van der Waals surface area contributed by atoms with E-state index >= 15 is 0 Å². The maximum atomic E-state index is 13.6. The number of nitrogens with zero attached hydrogens (tertiary/aromatic N) is 3. The molecule has 5 nitrogen and oxygen atoms in total. The van der Waals surface area contributed by atoms with Crippen molar-refractivity contribution in [2.75, 3.05) is 39.3 Å². The molecule has 0 unspecified atom stereocenters. The van der Waals surface area contributed by atoms with Crippen molar-refractivity contribution in [1.29, 1.82) is 0 Å². The Labute approximate surface area is 160 Å². The molecule has 1 saturated heterocycles. The van der Waals surface area contributed by atoms with Gasteiger partial charge in [0, 0.05) is 46.2 Å². The molecule has 0 aliphatic carbocycles. The fraction of sp³-hybridized carbons (Fsp3) is 0.529. The van der Waals surface area contributed by atoms with Crippen LogP contribution in [-0.2, 0) is 11.2 Å². The zero-order valence-electron chi connectivity index (χ0n) is 14.3. The van der Waals surface area contributed by atoms with E-state index in [2.05, 4.69) is 15.2 Å². The molecule has 1 aromatic carbocycles. The standard InChI is InChI=1S/C17H25FN4O.HI/c1-3-19-17(22-12-10-21(11-13-22)14(2)23)20-9-8-15-6-4-5-7-16(15)18;/h4-7H,3,8-13H2,1-2H3,(H,19,20);1H. The Hall–Kier alpha value is -1.38. The highest BCUT2D eigenvalue weighted by Crippen LogP contribution is 2.08. The number of nitrogens with one attached hydrogen (secondary N) is 1. The van der Waals surface area contributed by atoms with Gasteiger partial charge in [0.2, 0.25) is 5.91 Å². The van der Waals surface area contributed by atoms with Crippen LogP contribution in [0.1, 0.15) is 19.4 Å². The first-order valence-electron chi connectivity index (χ1n) is 8.14. The minimum absolute atomic E-state index is 0. The third-order valence-electron chi connectivity index (χ3n) is 3.96. The van der Waals surface area contributed by atoms with Crippen molar-refractivity contribution < 1.29 is 9.18 Å². The second-order valence-corrected chi connectivity index (χ2v) is 5.57. The number of guanidine groups is 1. The molecule has 1 fully saturated rings. The van der Waals surface area contributed by atoms with E-state index in [1.807, 2.05) is 17.9 Å². The highest BCUT2D eigenvalue weighted by atomic mass is 127. The zero-order chi connectivity index (χ0) is 16.7. The molecule has 0 spiro atoms. The van der Waals surface area contributed by atoms with E-state index in [4.69, 9.17) is 0 Å². The Morgan fingerprint density at radius 3 is 2.42 bits per heavy atom. The molecule has 0 atom stereocenters. The van der Waals surface area contributed by atoms with E-state index in [9.17, 15) is 9.18 Å². The van der Waals surface area contributed by atoms with Crippen LogP contribution in [0.5, 0.6) is 0 Å². The van der Waals surface area contributed by atoms with Gasteiger partial charge in [-0.05, 0) is 25.0 Å². The topological polar surface area (TPSA) is 47.9 Å². The fourth-order valence-electron chi connectivity index (χ4n) is 2.64. The van der Waals surface area contributed by atoms with Crippen molar-refractivity contribution in [3.8, 4) is 0 Å². The van der Waals surface area contributed by atoms with Crippen molar-refractivity contribution in [1.82, 2.24) is 15.1 Å². The predicted octanol–water partition coefficient (Wildman–Crippen LogP) is 2.12. The first-order chi connectivity index (χ1) is 11.1. The number of carbonyl (C=O) groups excluding carboxylic acids is 1. The van der Waals surface area contributed by atoms with E-state index in [1.54, 1.807) is 19.1 Å². The lowest BCUT2D eigenvalue weighted by atomic mass is 10.1. The van der Waals surface area contributed by atoms with Crippen LogP contribution >= 0.6 is 24.0 Å². The maximum absolute atomic E-state index is 13.6. The molecular weight excluding hydrogens is 422 g/mol. The second kappa shape index (κ2) is 10.5. The third kappa shape index (κ3) is 5.92. The van der Waals surface area contributed by atoms with Crippen LogP contribution in [0, 0.1) is 5.82 Å². The highest BCUT2D eigenvalue weighted by molar-refractivity contribution is 14.0.